The highest BCUT2D eigenvalue weighted by atomic mass is 15.3. The molecule has 0 aliphatic carbocycles. The van der Waals surface area contributed by atoms with E-state index in [1.54, 1.807) is 0 Å². The molecule has 0 bridgehead atoms. The molecule has 148 valence electrons. The number of anilines is 2. The molecular weight excluding hydrogens is 348 g/mol. The molecule has 0 saturated carbocycles. The summed E-state index contributed by atoms with van der Waals surface area (Å²) in [5.41, 5.74) is 10.1. The number of benzene rings is 1. The van der Waals surface area contributed by atoms with Crippen molar-refractivity contribution in [1.29, 1.82) is 0 Å². The van der Waals surface area contributed by atoms with Gasteiger partial charge in [-0.25, -0.2) is 4.98 Å². The van der Waals surface area contributed by atoms with Crippen LogP contribution in [0.1, 0.15) is 38.4 Å². The van der Waals surface area contributed by atoms with Crippen LogP contribution in [-0.4, -0.2) is 33.3 Å². The molecule has 0 radical (unpaired) electrons. The summed E-state index contributed by atoms with van der Waals surface area (Å²) in [6.45, 7) is 7.35. The van der Waals surface area contributed by atoms with E-state index in [9.17, 15) is 0 Å². The Kier molecular flexibility index (Phi) is 5.68. The summed E-state index contributed by atoms with van der Waals surface area (Å²) < 4.78 is 1.86. The van der Waals surface area contributed by atoms with E-state index in [2.05, 4.69) is 71.1 Å². The number of nitrogens with zero attached hydrogens (tertiary/aromatic N) is 5. The summed E-state index contributed by atoms with van der Waals surface area (Å²) in [7, 11) is 3.98. The number of aryl methyl sites for hydroxylation is 2. The molecule has 0 unspecified atom stereocenters. The van der Waals surface area contributed by atoms with Crippen molar-refractivity contribution in [3.8, 4) is 11.4 Å². The van der Waals surface area contributed by atoms with E-state index in [1.807, 2.05) is 30.9 Å². The molecular formula is C22H30N6. The summed E-state index contributed by atoms with van der Waals surface area (Å²) in [6.07, 6.45) is 2.08. The van der Waals surface area contributed by atoms with Crippen molar-refractivity contribution in [2.24, 2.45) is 7.05 Å². The Hall–Kier alpha value is -2.89. The van der Waals surface area contributed by atoms with Crippen LogP contribution in [-0.2, 0) is 18.9 Å². The minimum Gasteiger partial charge on any atom is -0.368 e. The van der Waals surface area contributed by atoms with Gasteiger partial charge >= 0.3 is 0 Å². The molecule has 0 saturated heterocycles. The topological polar surface area (TPSA) is 72.9 Å². The Bertz CT molecular complexity index is 924. The van der Waals surface area contributed by atoms with Gasteiger partial charge < -0.3 is 10.6 Å². The Labute approximate surface area is 167 Å². The van der Waals surface area contributed by atoms with Crippen molar-refractivity contribution in [3.05, 3.63) is 53.7 Å². The van der Waals surface area contributed by atoms with Crippen LogP contribution in [0.4, 0.5) is 11.8 Å². The van der Waals surface area contributed by atoms with Crippen LogP contribution in [0, 0.1) is 0 Å². The van der Waals surface area contributed by atoms with E-state index in [-0.39, 0.29) is 11.4 Å². The van der Waals surface area contributed by atoms with Gasteiger partial charge in [-0.15, -0.1) is 0 Å². The second-order valence-electron chi connectivity index (χ2n) is 8.27. The minimum atomic E-state index is -0.0222. The lowest BCUT2D eigenvalue weighted by Gasteiger charge is -2.19. The SMILES string of the molecule is CN(CCCc1ccccc1)c1cc(-c2cc(C(C)(C)C)nn2C)nc(N)n1. The standard InChI is InChI=1S/C22H30N6/c1-22(2,3)19-15-18(28(5)26-19)17-14-20(25-21(23)24-17)27(4)13-9-12-16-10-7-6-8-11-16/h6-8,10-11,14-15H,9,12-13H2,1-5H3,(H2,23,24,25). The summed E-state index contributed by atoms with van der Waals surface area (Å²) in [5, 5.41) is 4.65. The molecule has 6 nitrogen and oxygen atoms in total. The van der Waals surface area contributed by atoms with Gasteiger partial charge in [0.2, 0.25) is 5.95 Å². The summed E-state index contributed by atoms with van der Waals surface area (Å²) in [6, 6.07) is 14.6. The van der Waals surface area contributed by atoms with Crippen LogP contribution in [0.2, 0.25) is 0 Å². The summed E-state index contributed by atoms with van der Waals surface area (Å²) >= 11 is 0. The molecule has 6 heteroatoms. The molecule has 28 heavy (non-hydrogen) atoms. The van der Waals surface area contributed by atoms with Crippen molar-refractivity contribution < 1.29 is 0 Å². The molecule has 0 aliphatic rings. The van der Waals surface area contributed by atoms with E-state index in [1.165, 1.54) is 5.56 Å². The molecule has 0 spiro atoms. The highest BCUT2D eigenvalue weighted by Crippen LogP contribution is 2.27. The van der Waals surface area contributed by atoms with E-state index in [0.29, 0.717) is 0 Å². The van der Waals surface area contributed by atoms with Gasteiger partial charge in [0.25, 0.3) is 0 Å². The maximum atomic E-state index is 6.02. The highest BCUT2D eigenvalue weighted by Gasteiger charge is 2.20. The number of hydrogen-bond acceptors (Lipinski definition) is 5. The first-order valence-corrected chi connectivity index (χ1v) is 9.68. The van der Waals surface area contributed by atoms with E-state index < -0.39 is 0 Å². The predicted octanol–water partition coefficient (Wildman–Crippen LogP) is 3.83. The molecule has 0 aliphatic heterocycles. The van der Waals surface area contributed by atoms with Gasteiger partial charge in [-0.1, -0.05) is 51.1 Å². The van der Waals surface area contributed by atoms with Crippen LogP contribution >= 0.6 is 0 Å². The highest BCUT2D eigenvalue weighted by molar-refractivity contribution is 5.62. The lowest BCUT2D eigenvalue weighted by molar-refractivity contribution is 0.553. The third-order valence-electron chi connectivity index (χ3n) is 4.83. The monoisotopic (exact) mass is 378 g/mol. The molecule has 1 aromatic carbocycles. The fraction of sp³-hybridized carbons (Fsp3) is 0.409. The first kappa shape index (κ1) is 19.9. The van der Waals surface area contributed by atoms with E-state index in [0.717, 1.165) is 42.3 Å². The Morgan fingerprint density at radius 1 is 1.07 bits per heavy atom. The number of hydrogen-bond donors (Lipinski definition) is 1. The summed E-state index contributed by atoms with van der Waals surface area (Å²) in [4.78, 5) is 11.0. The second kappa shape index (κ2) is 8.00. The molecule has 2 aromatic heterocycles. The van der Waals surface area contributed by atoms with Gasteiger partial charge in [-0.3, -0.25) is 4.68 Å². The zero-order valence-electron chi connectivity index (χ0n) is 17.5. The Balaban J connectivity index is 1.77. The normalized spacial score (nSPS) is 11.6. The third-order valence-corrected chi connectivity index (χ3v) is 4.83. The number of rotatable bonds is 6. The average Bonchev–Trinajstić information content (AvgIpc) is 3.04. The predicted molar refractivity (Wildman–Crippen MR) is 115 cm³/mol. The van der Waals surface area contributed by atoms with Gasteiger partial charge in [0.05, 0.1) is 17.1 Å². The first-order chi connectivity index (χ1) is 13.2. The van der Waals surface area contributed by atoms with Crippen LogP contribution in [0.25, 0.3) is 11.4 Å². The van der Waals surface area contributed by atoms with Crippen molar-refractivity contribution in [3.63, 3.8) is 0 Å². The van der Waals surface area contributed by atoms with Crippen molar-refractivity contribution in [1.82, 2.24) is 19.7 Å². The van der Waals surface area contributed by atoms with Crippen LogP contribution in [0.3, 0.4) is 0 Å². The van der Waals surface area contributed by atoms with Crippen LogP contribution in [0.5, 0.6) is 0 Å². The molecule has 0 fully saturated rings. The zero-order chi connectivity index (χ0) is 20.3. The molecule has 0 atom stereocenters. The van der Waals surface area contributed by atoms with Gasteiger partial charge in [-0.05, 0) is 24.5 Å². The third kappa shape index (κ3) is 4.68. The molecule has 2 N–H and O–H groups in total. The fourth-order valence-corrected chi connectivity index (χ4v) is 3.13. The number of nitrogens with two attached hydrogens (primary N) is 1. The molecule has 0 amide bonds. The minimum absolute atomic E-state index is 0.0222. The molecule has 3 aromatic rings. The second-order valence-corrected chi connectivity index (χ2v) is 8.27. The number of nitrogen functional groups attached to an aromatic ring is 1. The lowest BCUT2D eigenvalue weighted by atomic mass is 9.92. The maximum absolute atomic E-state index is 6.02. The largest absolute Gasteiger partial charge is 0.368 e. The van der Waals surface area contributed by atoms with Gasteiger partial charge in [0, 0.05) is 32.1 Å². The van der Waals surface area contributed by atoms with Gasteiger partial charge in [0.15, 0.2) is 0 Å². The number of aromatic nitrogens is 4. The van der Waals surface area contributed by atoms with Crippen molar-refractivity contribution in [2.45, 2.75) is 39.0 Å². The van der Waals surface area contributed by atoms with E-state index in [4.69, 9.17) is 5.73 Å². The van der Waals surface area contributed by atoms with Gasteiger partial charge in [-0.2, -0.15) is 10.1 Å². The van der Waals surface area contributed by atoms with Crippen molar-refractivity contribution in [2.75, 3.05) is 24.2 Å². The smallest absolute Gasteiger partial charge is 0.222 e. The van der Waals surface area contributed by atoms with Crippen LogP contribution in [0.15, 0.2) is 42.5 Å². The molecule has 3 rings (SSSR count). The Morgan fingerprint density at radius 3 is 2.43 bits per heavy atom. The zero-order valence-corrected chi connectivity index (χ0v) is 17.5. The first-order valence-electron chi connectivity index (χ1n) is 9.68. The average molecular weight is 379 g/mol. The molecule has 2 heterocycles. The van der Waals surface area contributed by atoms with Crippen molar-refractivity contribution >= 4 is 11.8 Å². The lowest BCUT2D eigenvalue weighted by Crippen LogP contribution is -2.21. The fourth-order valence-electron chi connectivity index (χ4n) is 3.13. The van der Waals surface area contributed by atoms with E-state index >= 15 is 0 Å². The Morgan fingerprint density at radius 2 is 1.79 bits per heavy atom. The maximum Gasteiger partial charge on any atom is 0.222 e. The van der Waals surface area contributed by atoms with Gasteiger partial charge in [0.1, 0.15) is 5.82 Å². The van der Waals surface area contributed by atoms with Crippen LogP contribution < -0.4 is 10.6 Å². The quantitative estimate of drug-likeness (QED) is 0.706. The summed E-state index contributed by atoms with van der Waals surface area (Å²) in [5.74, 6) is 1.11.